The van der Waals surface area contributed by atoms with Gasteiger partial charge in [0.25, 0.3) is 0 Å². The Labute approximate surface area is 325 Å². The highest BCUT2D eigenvalue weighted by atomic mass is 33.2. The van der Waals surface area contributed by atoms with Crippen LogP contribution in [-0.4, -0.2) is 121 Å². The molecule has 18 nitrogen and oxygen atoms in total. The third-order valence-corrected chi connectivity index (χ3v) is 12.8. The second-order valence-corrected chi connectivity index (χ2v) is 17.9. The summed E-state index contributed by atoms with van der Waals surface area (Å²) in [7, 11) is 8.86. The van der Waals surface area contributed by atoms with Crippen molar-refractivity contribution in [2.45, 2.75) is 79.4 Å². The lowest BCUT2D eigenvalue weighted by Crippen LogP contribution is -2.49. The highest BCUT2D eigenvalue weighted by molar-refractivity contribution is 8.93. The second-order valence-electron chi connectivity index (χ2n) is 12.2. The van der Waals surface area contributed by atoms with Gasteiger partial charge in [-0.15, -0.1) is 0 Å². The Balaban J connectivity index is 1.88. The predicted octanol–water partition coefficient (Wildman–Crippen LogP) is 0.790. The van der Waals surface area contributed by atoms with Gasteiger partial charge < -0.3 is 52.4 Å². The lowest BCUT2D eigenvalue weighted by molar-refractivity contribution is -0.139. The number of nitrogens with zero attached hydrogens (tertiary/aromatic N) is 1. The van der Waals surface area contributed by atoms with Gasteiger partial charge in [0.1, 0.15) is 19.1 Å². The average Bonchev–Trinajstić information content (AvgIpc) is 4.05. The van der Waals surface area contributed by atoms with Crippen LogP contribution >= 0.6 is 43.2 Å². The van der Waals surface area contributed by atoms with E-state index in [9.17, 15) is 38.4 Å². The smallest absolute Gasteiger partial charge is 0.407 e. The number of primary amides is 2. The maximum Gasteiger partial charge on any atom is 0.407 e. The number of amides is 8. The summed E-state index contributed by atoms with van der Waals surface area (Å²) < 4.78 is 9.49. The summed E-state index contributed by atoms with van der Waals surface area (Å²) in [6.45, 7) is -0.0365. The molecule has 9 N–H and O–H groups in total. The molecule has 2 saturated heterocycles. The minimum atomic E-state index is -0.983. The average molecular weight is 825 g/mol. The molecule has 300 valence electrons. The molecule has 0 aromatic carbocycles. The number of hydrogen-bond donors (Lipinski definition) is 7. The SMILES string of the molecule is COC(=O)NCCCC[C@H](NC(=O)OC)C(=O)NCCC(=O)N(CC(=O)NCCCC[C@@H](C(N)=O)C1SS1)CC(=O)NCCCC[C@@H](C(N)=O)C1SS1. The minimum Gasteiger partial charge on any atom is -0.453 e. The highest BCUT2D eigenvalue weighted by Gasteiger charge is 2.38. The van der Waals surface area contributed by atoms with Crippen molar-refractivity contribution in [3.63, 3.8) is 0 Å². The lowest BCUT2D eigenvalue weighted by Gasteiger charge is -2.23. The van der Waals surface area contributed by atoms with Gasteiger partial charge in [-0.25, -0.2) is 9.59 Å². The summed E-state index contributed by atoms with van der Waals surface area (Å²) in [6, 6.07) is -0.983. The Morgan fingerprint density at radius 2 is 1.06 bits per heavy atom. The topological polar surface area (TPSA) is 270 Å². The number of alkyl carbamates (subject to hydrolysis) is 2. The molecule has 2 fully saturated rings. The maximum atomic E-state index is 13.3. The van der Waals surface area contributed by atoms with Crippen LogP contribution in [0.1, 0.15) is 64.2 Å². The van der Waals surface area contributed by atoms with Gasteiger partial charge >= 0.3 is 12.2 Å². The van der Waals surface area contributed by atoms with Gasteiger partial charge in [0.15, 0.2) is 0 Å². The molecular formula is C31H52N8O10S4. The molecule has 0 radical (unpaired) electrons. The number of hydrogen-bond acceptors (Lipinski definition) is 14. The Morgan fingerprint density at radius 3 is 1.49 bits per heavy atom. The number of carbonyl (C=O) groups is 8. The normalized spacial score (nSPS) is 15.1. The van der Waals surface area contributed by atoms with E-state index in [4.69, 9.17) is 11.5 Å². The second kappa shape index (κ2) is 25.7. The molecular weight excluding hydrogens is 773 g/mol. The molecule has 0 spiro atoms. The molecule has 0 aliphatic carbocycles. The summed E-state index contributed by atoms with van der Waals surface area (Å²) in [4.78, 5) is 99.4. The van der Waals surface area contributed by atoms with Crippen molar-refractivity contribution in [3.8, 4) is 0 Å². The molecule has 0 aromatic heterocycles. The molecule has 0 saturated carbocycles. The first-order chi connectivity index (χ1) is 25.4. The van der Waals surface area contributed by atoms with Crippen LogP contribution in [0.3, 0.4) is 0 Å². The van der Waals surface area contributed by atoms with Crippen LogP contribution in [0.15, 0.2) is 0 Å². The summed E-state index contributed by atoms with van der Waals surface area (Å²) in [5.74, 6) is -3.22. The van der Waals surface area contributed by atoms with Gasteiger partial charge in [0, 0.05) is 32.6 Å². The zero-order valence-corrected chi connectivity index (χ0v) is 33.3. The van der Waals surface area contributed by atoms with Crippen LogP contribution in [0.2, 0.25) is 0 Å². The van der Waals surface area contributed by atoms with Gasteiger partial charge in [0.05, 0.1) is 35.2 Å². The van der Waals surface area contributed by atoms with Crippen LogP contribution < -0.4 is 38.1 Å². The Hall–Kier alpha value is -3.24. The first-order valence-corrected chi connectivity index (χ1v) is 21.9. The van der Waals surface area contributed by atoms with Crippen molar-refractivity contribution in [2.75, 3.05) is 53.5 Å². The van der Waals surface area contributed by atoms with Crippen molar-refractivity contribution < 1.29 is 47.8 Å². The van der Waals surface area contributed by atoms with E-state index >= 15 is 0 Å². The van der Waals surface area contributed by atoms with Crippen LogP contribution in [0.5, 0.6) is 0 Å². The molecule has 2 rings (SSSR count). The molecule has 8 amide bonds. The highest BCUT2D eigenvalue weighted by Crippen LogP contribution is 2.58. The van der Waals surface area contributed by atoms with Crippen molar-refractivity contribution in [3.05, 3.63) is 0 Å². The van der Waals surface area contributed by atoms with Crippen molar-refractivity contribution in [1.29, 1.82) is 0 Å². The summed E-state index contributed by atoms with van der Waals surface area (Å²) in [5, 5.41) is 13.1. The molecule has 2 heterocycles. The van der Waals surface area contributed by atoms with E-state index in [0.717, 1.165) is 12.0 Å². The van der Waals surface area contributed by atoms with Crippen LogP contribution in [0, 0.1) is 11.8 Å². The summed E-state index contributed by atoms with van der Waals surface area (Å²) in [6.07, 6.45) is 3.27. The molecule has 2 aliphatic heterocycles. The quantitative estimate of drug-likeness (QED) is 0.0327. The zero-order valence-electron chi connectivity index (χ0n) is 30.0. The van der Waals surface area contributed by atoms with E-state index < -0.39 is 54.9 Å². The molecule has 53 heavy (non-hydrogen) atoms. The minimum absolute atomic E-state index is 0.141. The largest absolute Gasteiger partial charge is 0.453 e. The van der Waals surface area contributed by atoms with Crippen molar-refractivity contribution >= 4 is 90.8 Å². The standard InChI is InChI=1S/C31H52N8O10S4/c1-48-30(46)37-15-8-5-11-21(38-31(47)49-2)27(45)36-16-12-24(42)39(17-22(40)34-13-6-3-9-19(25(32)43)28-50-51-28)18-23(41)35-14-7-4-10-20(26(33)44)29-52-53-29/h19-21,28-29H,3-18H2,1-2H3,(H2,32,43)(H2,33,44)(H,34,40)(H,35,41)(H,36,45)(H,37,46)(H,38,47)/t19-,20-,21-/m0/s1. The maximum absolute atomic E-state index is 13.3. The van der Waals surface area contributed by atoms with Gasteiger partial charge in [-0.1, -0.05) is 56.0 Å². The van der Waals surface area contributed by atoms with E-state index in [-0.39, 0.29) is 52.2 Å². The Bertz CT molecular complexity index is 1210. The number of carbonyl (C=O) groups excluding carboxylic acids is 8. The van der Waals surface area contributed by atoms with Crippen LogP contribution in [0.25, 0.3) is 0 Å². The fourth-order valence-corrected chi connectivity index (χ4v) is 8.80. The molecule has 3 atom stereocenters. The molecule has 0 unspecified atom stereocenters. The van der Waals surface area contributed by atoms with Crippen LogP contribution in [0.4, 0.5) is 9.59 Å². The number of methoxy groups -OCH3 is 2. The number of nitrogens with one attached hydrogen (secondary N) is 5. The van der Waals surface area contributed by atoms with E-state index in [1.807, 2.05) is 0 Å². The summed E-state index contributed by atoms with van der Waals surface area (Å²) >= 11 is 0. The molecule has 2 aliphatic rings. The number of unbranched alkanes of at least 4 members (excludes halogenated alkanes) is 3. The first-order valence-electron chi connectivity index (χ1n) is 17.3. The number of ether oxygens (including phenoxy) is 2. The Morgan fingerprint density at radius 1 is 0.604 bits per heavy atom. The van der Waals surface area contributed by atoms with Crippen LogP contribution in [-0.2, 0) is 38.2 Å². The number of nitrogens with two attached hydrogens (primary N) is 2. The molecule has 0 aromatic rings. The third-order valence-electron chi connectivity index (χ3n) is 8.16. The summed E-state index contributed by atoms with van der Waals surface area (Å²) in [5.41, 5.74) is 11.0. The van der Waals surface area contributed by atoms with Gasteiger partial charge in [0.2, 0.25) is 35.4 Å². The van der Waals surface area contributed by atoms with Gasteiger partial charge in [-0.3, -0.25) is 28.8 Å². The van der Waals surface area contributed by atoms with E-state index in [0.29, 0.717) is 71.0 Å². The van der Waals surface area contributed by atoms with Crippen molar-refractivity contribution in [2.24, 2.45) is 23.3 Å². The fourth-order valence-electron chi connectivity index (χ4n) is 5.06. The third kappa shape index (κ3) is 20.1. The zero-order chi connectivity index (χ0) is 39.2. The number of rotatable bonds is 28. The fraction of sp³-hybridized carbons (Fsp3) is 0.742. The molecule has 22 heteroatoms. The van der Waals surface area contributed by atoms with Gasteiger partial charge in [-0.05, 0) is 44.9 Å². The monoisotopic (exact) mass is 824 g/mol. The van der Waals surface area contributed by atoms with E-state index in [2.05, 4.69) is 36.1 Å². The first kappa shape index (κ1) is 45.9. The van der Waals surface area contributed by atoms with Crippen molar-refractivity contribution in [1.82, 2.24) is 31.5 Å². The van der Waals surface area contributed by atoms with E-state index in [1.54, 1.807) is 43.2 Å². The molecule has 0 bridgehead atoms. The Kier molecular flexibility index (Phi) is 22.3. The van der Waals surface area contributed by atoms with E-state index in [1.165, 1.54) is 7.11 Å². The lowest BCUT2D eigenvalue weighted by atomic mass is 10.0. The predicted molar refractivity (Wildman–Crippen MR) is 205 cm³/mol. The van der Waals surface area contributed by atoms with Gasteiger partial charge in [-0.2, -0.15) is 0 Å².